The van der Waals surface area contributed by atoms with Crippen molar-refractivity contribution in [2.45, 2.75) is 59.2 Å². The fourth-order valence-electron chi connectivity index (χ4n) is 7.08. The minimum atomic E-state index is -0.880. The molecule has 0 bridgehead atoms. The van der Waals surface area contributed by atoms with E-state index in [2.05, 4.69) is 111 Å². The van der Waals surface area contributed by atoms with Gasteiger partial charge in [-0.3, -0.25) is 9.80 Å². The Hall–Kier alpha value is -2.89. The van der Waals surface area contributed by atoms with Crippen LogP contribution >= 0.6 is 0 Å². The number of nitrogens with zero attached hydrogens (tertiary/aromatic N) is 3. The second-order valence-electron chi connectivity index (χ2n) is 10.1. The number of carbonyl (C=O) groups excluding carboxylic acids is 1. The topological polar surface area (TPSA) is 36.0 Å². The van der Waals surface area contributed by atoms with Gasteiger partial charge in [-0.25, -0.2) is 4.79 Å². The van der Waals surface area contributed by atoms with Crippen LogP contribution in [0.1, 0.15) is 59.1 Å². The lowest BCUT2D eigenvalue weighted by atomic mass is 9.77. The van der Waals surface area contributed by atoms with Crippen LogP contribution in [0.2, 0.25) is 0 Å². The molecule has 2 aromatic rings. The molecule has 1 atom stereocenters. The molecule has 1 saturated heterocycles. The van der Waals surface area contributed by atoms with E-state index in [9.17, 15) is 4.79 Å². The van der Waals surface area contributed by atoms with Crippen molar-refractivity contribution in [3.63, 3.8) is 0 Å². The monoisotopic (exact) mass is 499 g/mol. The summed E-state index contributed by atoms with van der Waals surface area (Å²) < 4.78 is 6.52. The molecule has 1 heterocycles. The van der Waals surface area contributed by atoms with E-state index in [0.29, 0.717) is 0 Å². The summed E-state index contributed by atoms with van der Waals surface area (Å²) in [4.78, 5) is 21.1. The molecule has 0 radical (unpaired) electrons. The van der Waals surface area contributed by atoms with Crippen LogP contribution in [-0.2, 0) is 15.1 Å². The molecular formula is C32H41N3O2. The number of esters is 1. The minimum Gasteiger partial charge on any atom is -0.441 e. The van der Waals surface area contributed by atoms with E-state index in [0.717, 1.165) is 73.5 Å². The summed E-state index contributed by atoms with van der Waals surface area (Å²) in [6, 6.07) is 15.1. The van der Waals surface area contributed by atoms with Gasteiger partial charge in [-0.1, -0.05) is 64.1 Å². The van der Waals surface area contributed by atoms with Crippen molar-refractivity contribution >= 4 is 11.7 Å². The molecule has 37 heavy (non-hydrogen) atoms. The van der Waals surface area contributed by atoms with Gasteiger partial charge in [0.2, 0.25) is 0 Å². The summed E-state index contributed by atoms with van der Waals surface area (Å²) >= 11 is 0. The van der Waals surface area contributed by atoms with Crippen LogP contribution in [0.25, 0.3) is 11.1 Å². The zero-order chi connectivity index (χ0) is 26.4. The Kier molecular flexibility index (Phi) is 6.80. The third kappa shape index (κ3) is 3.54. The van der Waals surface area contributed by atoms with Gasteiger partial charge in [-0.05, 0) is 69.4 Å². The highest BCUT2D eigenvalue weighted by atomic mass is 16.6. The van der Waals surface area contributed by atoms with Crippen LogP contribution in [0.3, 0.4) is 0 Å². The van der Waals surface area contributed by atoms with Crippen molar-refractivity contribution in [3.05, 3.63) is 76.9 Å². The third-order valence-corrected chi connectivity index (χ3v) is 8.85. The van der Waals surface area contributed by atoms with Gasteiger partial charge in [0.1, 0.15) is 0 Å². The molecule has 0 saturated carbocycles. The lowest BCUT2D eigenvalue weighted by Crippen LogP contribution is -2.60. The number of carbonyl (C=O) groups is 1. The van der Waals surface area contributed by atoms with Crippen LogP contribution in [0.15, 0.2) is 65.8 Å². The van der Waals surface area contributed by atoms with Gasteiger partial charge in [-0.2, -0.15) is 0 Å². The van der Waals surface area contributed by atoms with Crippen molar-refractivity contribution < 1.29 is 9.53 Å². The lowest BCUT2D eigenvalue weighted by molar-refractivity contribution is -0.143. The minimum absolute atomic E-state index is 0.217. The Morgan fingerprint density at radius 1 is 0.784 bits per heavy atom. The van der Waals surface area contributed by atoms with Gasteiger partial charge < -0.3 is 9.64 Å². The molecule has 5 nitrogen and oxygen atoms in total. The molecule has 1 fully saturated rings. The molecule has 3 aliphatic rings. The molecule has 0 amide bonds. The molecule has 0 N–H and O–H groups in total. The zero-order valence-electron chi connectivity index (χ0n) is 23.3. The van der Waals surface area contributed by atoms with E-state index < -0.39 is 5.60 Å². The van der Waals surface area contributed by atoms with Crippen LogP contribution in [0.4, 0.5) is 5.69 Å². The Morgan fingerprint density at radius 2 is 1.41 bits per heavy atom. The Morgan fingerprint density at radius 3 is 2.03 bits per heavy atom. The summed E-state index contributed by atoms with van der Waals surface area (Å²) in [6.07, 6.45) is 5.36. The second-order valence-corrected chi connectivity index (χ2v) is 10.1. The van der Waals surface area contributed by atoms with Crippen LogP contribution < -0.4 is 4.90 Å². The first-order valence-corrected chi connectivity index (χ1v) is 14.1. The molecule has 1 unspecified atom stereocenters. The predicted molar refractivity (Wildman–Crippen MR) is 152 cm³/mol. The second kappa shape index (κ2) is 9.77. The number of fused-ring (bicyclic) bond motifs is 7. The number of anilines is 1. The van der Waals surface area contributed by atoms with Gasteiger partial charge in [0.05, 0.1) is 11.2 Å². The van der Waals surface area contributed by atoms with Gasteiger partial charge in [-0.15, -0.1) is 0 Å². The third-order valence-electron chi connectivity index (χ3n) is 8.85. The predicted octanol–water partition coefficient (Wildman–Crippen LogP) is 5.95. The van der Waals surface area contributed by atoms with Crippen molar-refractivity contribution in [2.24, 2.45) is 0 Å². The first-order valence-electron chi connectivity index (χ1n) is 14.1. The van der Waals surface area contributed by atoms with Crippen LogP contribution in [0.5, 0.6) is 0 Å². The Bertz CT molecular complexity index is 1240. The van der Waals surface area contributed by atoms with Crippen molar-refractivity contribution in [1.29, 1.82) is 0 Å². The maximum atomic E-state index is 13.8. The fourth-order valence-corrected chi connectivity index (χ4v) is 7.08. The largest absolute Gasteiger partial charge is 0.441 e. The average Bonchev–Trinajstić information content (AvgIpc) is 3.37. The molecule has 1 spiro atoms. The molecular weight excluding hydrogens is 458 g/mol. The average molecular weight is 500 g/mol. The number of rotatable bonds is 9. The fraction of sp³-hybridized carbons (Fsp3) is 0.469. The standard InChI is InChI=1S/C32H41N3O2/c1-7-33(8-2)23-17-18-28-25(21-23)24-15-13-14-16-27(24)32(28)29-19-20-31(34(9-3)10-4,35(11-5)12-6)22-26(29)30(36)37-32/h13-19,21-22H,7-12,20H2,1-6H3. The number of benzene rings is 2. The van der Waals surface area contributed by atoms with E-state index in [-0.39, 0.29) is 11.6 Å². The van der Waals surface area contributed by atoms with Crippen molar-refractivity contribution in [2.75, 3.05) is 44.2 Å². The Labute approximate surface area is 222 Å². The van der Waals surface area contributed by atoms with E-state index in [4.69, 9.17) is 4.74 Å². The van der Waals surface area contributed by atoms with Gasteiger partial charge in [0.15, 0.2) is 5.60 Å². The maximum absolute atomic E-state index is 13.8. The van der Waals surface area contributed by atoms with Crippen molar-refractivity contribution in [3.8, 4) is 11.1 Å². The normalized spacial score (nSPS) is 21.0. The Balaban J connectivity index is 1.70. The molecule has 196 valence electrons. The summed E-state index contributed by atoms with van der Waals surface area (Å²) in [6.45, 7) is 18.8. The molecule has 5 rings (SSSR count). The van der Waals surface area contributed by atoms with Gasteiger partial charge >= 0.3 is 5.97 Å². The van der Waals surface area contributed by atoms with E-state index in [1.165, 1.54) is 11.3 Å². The summed E-state index contributed by atoms with van der Waals surface area (Å²) in [7, 11) is 0. The van der Waals surface area contributed by atoms with Crippen molar-refractivity contribution in [1.82, 2.24) is 9.80 Å². The molecule has 0 aromatic heterocycles. The smallest absolute Gasteiger partial charge is 0.339 e. The van der Waals surface area contributed by atoms with E-state index in [1.54, 1.807) is 0 Å². The first-order chi connectivity index (χ1) is 17.9. The first kappa shape index (κ1) is 25.7. The highest BCUT2D eigenvalue weighted by Crippen LogP contribution is 2.60. The number of ether oxygens (including phenoxy) is 1. The molecule has 2 aromatic carbocycles. The van der Waals surface area contributed by atoms with Crippen LogP contribution in [-0.4, -0.2) is 60.7 Å². The molecule has 5 heteroatoms. The van der Waals surface area contributed by atoms with Gasteiger partial charge in [0.25, 0.3) is 0 Å². The number of likely N-dealkylation sites (N-methyl/N-ethyl adjacent to an activating group) is 2. The number of hydrogen-bond acceptors (Lipinski definition) is 5. The molecule has 2 aliphatic carbocycles. The zero-order valence-corrected chi connectivity index (χ0v) is 23.3. The summed E-state index contributed by atoms with van der Waals surface area (Å²) in [5.74, 6) is -0.217. The number of hydrogen-bond donors (Lipinski definition) is 0. The summed E-state index contributed by atoms with van der Waals surface area (Å²) in [5.41, 5.74) is 6.20. The highest BCUT2D eigenvalue weighted by molar-refractivity contribution is 6.02. The van der Waals surface area contributed by atoms with E-state index in [1.807, 2.05) is 0 Å². The summed E-state index contributed by atoms with van der Waals surface area (Å²) in [5, 5.41) is 0. The van der Waals surface area contributed by atoms with E-state index >= 15 is 0 Å². The SMILES string of the molecule is CCN(CC)c1ccc2c(c1)-c1ccccc1C21OC(=O)C2=CC(N(CC)CC)(N(CC)CC)CC=C21. The van der Waals surface area contributed by atoms with Crippen LogP contribution in [0, 0.1) is 0 Å². The highest BCUT2D eigenvalue weighted by Gasteiger charge is 2.58. The van der Waals surface area contributed by atoms with Gasteiger partial charge in [0, 0.05) is 41.9 Å². The quantitative estimate of drug-likeness (QED) is 0.315. The maximum Gasteiger partial charge on any atom is 0.339 e. The molecule has 1 aliphatic heterocycles. The lowest BCUT2D eigenvalue weighted by Gasteiger charge is -2.49.